The molecule has 0 bridgehead atoms. The maximum atomic E-state index is 15.5. The average Bonchev–Trinajstić information content (AvgIpc) is 2.98. The number of likely N-dealkylation sites (N-methyl/N-ethyl adjacent to an activating group) is 1. The number of aliphatic hydroxyl groups is 3. The van der Waals surface area contributed by atoms with Crippen LogP contribution in [0.5, 0.6) is 5.75 Å². The zero-order valence-corrected chi connectivity index (χ0v) is 28.5. The lowest BCUT2D eigenvalue weighted by atomic mass is 9.57. The quantitative estimate of drug-likeness (QED) is 0.105. The van der Waals surface area contributed by atoms with Gasteiger partial charge < -0.3 is 46.6 Å². The molecule has 15 nitrogen and oxygen atoms in total. The second-order valence-electron chi connectivity index (χ2n) is 13.2. The van der Waals surface area contributed by atoms with Crippen molar-refractivity contribution in [1.82, 2.24) is 10.2 Å². The Kier molecular flexibility index (Phi) is 11.4. The highest BCUT2D eigenvalue weighted by molar-refractivity contribution is 6.24. The number of carboxylic acids is 1. The molecule has 4 rings (SSSR count). The van der Waals surface area contributed by atoms with Crippen LogP contribution in [0.25, 0.3) is 5.76 Å². The molecular weight excluding hydrogens is 647 g/mol. The first-order valence-electron chi connectivity index (χ1n) is 15.9. The molecule has 1 aromatic carbocycles. The number of rotatable bonds is 9. The lowest BCUT2D eigenvalue weighted by Crippen LogP contribution is -2.65. The summed E-state index contributed by atoms with van der Waals surface area (Å²) in [5.74, 6) is -10.6. The number of nitrogens with zero attached hydrogens (tertiary/aromatic N) is 1. The Balaban J connectivity index is 0.00000319. The predicted molar refractivity (Wildman–Crippen MR) is 174 cm³/mol. The van der Waals surface area contributed by atoms with Gasteiger partial charge in [0.2, 0.25) is 5.78 Å². The van der Waals surface area contributed by atoms with E-state index in [9.17, 15) is 49.5 Å². The molecule has 16 heteroatoms. The molecule has 0 saturated heterocycles. The first-order valence-corrected chi connectivity index (χ1v) is 15.9. The number of aromatic hydroxyl groups is 1. The number of nitrogens with one attached hydrogen (secondary N) is 2. The van der Waals surface area contributed by atoms with Crippen molar-refractivity contribution in [1.29, 1.82) is 0 Å². The van der Waals surface area contributed by atoms with Crippen molar-refractivity contribution < 1.29 is 58.6 Å². The number of Topliss-reactive ketones (excluding diaryl/α,β-unsaturated/α-hetero) is 2. The van der Waals surface area contributed by atoms with Crippen LogP contribution in [0.4, 0.5) is 14.9 Å². The normalized spacial score (nSPS) is 23.8. The third kappa shape index (κ3) is 7.20. The van der Waals surface area contributed by atoms with E-state index < -0.39 is 104 Å². The van der Waals surface area contributed by atoms with E-state index in [4.69, 9.17) is 10.5 Å². The first kappa shape index (κ1) is 38.7. The van der Waals surface area contributed by atoms with Gasteiger partial charge in [0, 0.05) is 29.7 Å². The molecule has 49 heavy (non-hydrogen) atoms. The molecule has 0 aromatic heterocycles. The number of hydrogen-bond donors (Lipinski definition) is 8. The van der Waals surface area contributed by atoms with Gasteiger partial charge in [-0.25, -0.2) is 14.0 Å². The van der Waals surface area contributed by atoms with Crippen LogP contribution in [0.3, 0.4) is 0 Å². The van der Waals surface area contributed by atoms with Gasteiger partial charge in [-0.15, -0.1) is 0 Å². The summed E-state index contributed by atoms with van der Waals surface area (Å²) in [6.45, 7) is 8.84. The fourth-order valence-corrected chi connectivity index (χ4v) is 6.64. The van der Waals surface area contributed by atoms with Gasteiger partial charge in [-0.1, -0.05) is 13.8 Å². The number of hydrogen-bond acceptors (Lipinski definition) is 12. The summed E-state index contributed by atoms with van der Waals surface area (Å²) >= 11 is 0. The molecule has 9 N–H and O–H groups in total. The van der Waals surface area contributed by atoms with E-state index in [-0.39, 0.29) is 43.5 Å². The molecular formula is C33H45FN4O11. The number of carbonyl (C=O) groups excluding carboxylic acids is 4. The van der Waals surface area contributed by atoms with E-state index in [1.807, 2.05) is 13.8 Å². The molecule has 270 valence electrons. The molecule has 5 atom stereocenters. The number of aliphatic hydroxyl groups excluding tert-OH is 2. The summed E-state index contributed by atoms with van der Waals surface area (Å²) in [6, 6.07) is -1.60. The third-order valence-corrected chi connectivity index (χ3v) is 8.64. The van der Waals surface area contributed by atoms with Gasteiger partial charge in [0.05, 0.1) is 17.3 Å². The topological polar surface area (TPSA) is 249 Å². The average molecular weight is 693 g/mol. The summed E-state index contributed by atoms with van der Waals surface area (Å²) in [5, 5.41) is 59.5. The number of carbonyl (C=O) groups is 5. The van der Waals surface area contributed by atoms with Crippen LogP contribution in [-0.2, 0) is 30.3 Å². The van der Waals surface area contributed by atoms with E-state index in [0.717, 1.165) is 6.07 Å². The third-order valence-electron chi connectivity index (χ3n) is 8.64. The number of alkyl carbamates (subject to hydrolysis) is 1. The number of ether oxygens (including phenoxy) is 1. The Hall–Kier alpha value is -4.70. The maximum absolute atomic E-state index is 15.5. The molecule has 0 unspecified atom stereocenters. The highest BCUT2D eigenvalue weighted by Gasteiger charge is 2.64. The van der Waals surface area contributed by atoms with Crippen LogP contribution in [0.1, 0.15) is 65.0 Å². The number of anilines is 1. The van der Waals surface area contributed by atoms with Crippen molar-refractivity contribution in [2.24, 2.45) is 17.6 Å². The highest BCUT2D eigenvalue weighted by atomic mass is 19.1. The first-order chi connectivity index (χ1) is 22.7. The van der Waals surface area contributed by atoms with Crippen LogP contribution in [-0.4, -0.2) is 104 Å². The number of benzene rings is 1. The van der Waals surface area contributed by atoms with Crippen molar-refractivity contribution in [3.8, 4) is 5.75 Å². The molecule has 1 aromatic rings. The van der Waals surface area contributed by atoms with Gasteiger partial charge in [-0.3, -0.25) is 19.3 Å². The second-order valence-corrected chi connectivity index (χ2v) is 13.2. The molecule has 0 spiro atoms. The number of primary amides is 1. The Bertz CT molecular complexity index is 1610. The molecule has 1 fully saturated rings. The second kappa shape index (κ2) is 14.4. The highest BCUT2D eigenvalue weighted by Crippen LogP contribution is 2.53. The molecule has 2 amide bonds. The largest absolute Gasteiger partial charge is 0.508 e. The van der Waals surface area contributed by atoms with E-state index >= 15 is 4.39 Å². The van der Waals surface area contributed by atoms with E-state index in [1.54, 1.807) is 20.8 Å². The minimum atomic E-state index is -2.83. The molecule has 0 aliphatic heterocycles. The van der Waals surface area contributed by atoms with Gasteiger partial charge in [0.1, 0.15) is 40.3 Å². The number of ketones is 2. The van der Waals surface area contributed by atoms with Gasteiger partial charge in [0.25, 0.3) is 5.91 Å². The maximum Gasteiger partial charge on any atom is 0.408 e. The van der Waals surface area contributed by atoms with Crippen LogP contribution < -0.4 is 16.4 Å². The number of phenols is 1. The lowest BCUT2D eigenvalue weighted by Gasteiger charge is -2.50. The van der Waals surface area contributed by atoms with Gasteiger partial charge in [-0.2, -0.15) is 0 Å². The molecule has 1 saturated carbocycles. The minimum absolute atomic E-state index is 0.0135. The van der Waals surface area contributed by atoms with Crippen LogP contribution >= 0.6 is 0 Å². The number of aliphatic carboxylic acids is 1. The number of fused-ring (bicyclic) bond motifs is 3. The van der Waals surface area contributed by atoms with Crippen LogP contribution in [0.2, 0.25) is 0 Å². The van der Waals surface area contributed by atoms with Crippen molar-refractivity contribution in [2.75, 3.05) is 26.0 Å². The SMILES string of the molecule is CC.CN(C)[C@@H]1C(=O)C(C(N)=O)=C(O)[C@@]2(O)C(=O)C3=C(O)c4c(O)c(NCCC[C@H](NC(=O)OC(C)(C)C)C(=O)O)cc(F)c4C[C@H]3C[C@@H]12. The fourth-order valence-electron chi connectivity index (χ4n) is 6.64. The summed E-state index contributed by atoms with van der Waals surface area (Å²) in [5.41, 5.74) is -0.498. The smallest absolute Gasteiger partial charge is 0.408 e. The Morgan fingerprint density at radius 2 is 1.78 bits per heavy atom. The van der Waals surface area contributed by atoms with Crippen LogP contribution in [0.15, 0.2) is 23.0 Å². The zero-order chi connectivity index (χ0) is 37.3. The monoisotopic (exact) mass is 692 g/mol. The number of amides is 2. The molecule has 3 aliphatic carbocycles. The Morgan fingerprint density at radius 3 is 2.31 bits per heavy atom. The van der Waals surface area contributed by atoms with Gasteiger partial charge >= 0.3 is 12.1 Å². The fraction of sp³-hybridized carbons (Fsp3) is 0.545. The van der Waals surface area contributed by atoms with Crippen molar-refractivity contribution in [3.63, 3.8) is 0 Å². The molecule has 3 aliphatic rings. The Labute approximate surface area is 282 Å². The number of carboxylic acid groups (broad SMARTS) is 1. The lowest BCUT2D eigenvalue weighted by molar-refractivity contribution is -0.153. The van der Waals surface area contributed by atoms with Crippen molar-refractivity contribution in [3.05, 3.63) is 39.9 Å². The van der Waals surface area contributed by atoms with E-state index in [0.29, 0.717) is 0 Å². The van der Waals surface area contributed by atoms with Crippen LogP contribution in [0, 0.1) is 17.7 Å². The zero-order valence-electron chi connectivity index (χ0n) is 28.5. The number of nitrogens with two attached hydrogens (primary N) is 1. The van der Waals surface area contributed by atoms with E-state index in [1.165, 1.54) is 19.0 Å². The standard InChI is InChI=1S/C31H39FN4O11.C2H6/c1-30(2,3)47-29(45)35-16(28(43)44)7-6-8-34-17-11-15(32)13-9-12-10-14-21(36(4)5)24(39)20(27(33)42)26(41)31(14,46)25(40)18(12)23(38)19(13)22(17)37;1-2/h11-12,14,16,21,34,37-38,41,46H,6-10H2,1-5H3,(H2,33,42)(H,35,45)(H,43,44);1-2H3/t12-,14-,16-,21-,31-;/m0./s1. The summed E-state index contributed by atoms with van der Waals surface area (Å²) in [4.78, 5) is 64.2. The van der Waals surface area contributed by atoms with Crippen molar-refractivity contribution >= 4 is 41.0 Å². The molecule has 0 radical (unpaired) electrons. The van der Waals surface area contributed by atoms with E-state index in [2.05, 4.69) is 10.6 Å². The van der Waals surface area contributed by atoms with Gasteiger partial charge in [0.15, 0.2) is 11.4 Å². The Morgan fingerprint density at radius 1 is 1.16 bits per heavy atom. The minimum Gasteiger partial charge on any atom is -0.508 e. The summed E-state index contributed by atoms with van der Waals surface area (Å²) < 4.78 is 20.6. The number of halogens is 1. The summed E-state index contributed by atoms with van der Waals surface area (Å²) in [6.07, 6.45) is -1.28. The van der Waals surface area contributed by atoms with Crippen molar-refractivity contribution in [2.45, 2.75) is 83.6 Å². The number of phenolic OH excluding ortho intramolecular Hbond substituents is 1. The van der Waals surface area contributed by atoms with Gasteiger partial charge in [-0.05, 0) is 66.5 Å². The summed E-state index contributed by atoms with van der Waals surface area (Å²) in [7, 11) is 2.94. The molecule has 0 heterocycles. The predicted octanol–water partition coefficient (Wildman–Crippen LogP) is 2.30.